The average Bonchev–Trinajstić information content (AvgIpc) is 3.10. The fraction of sp³-hybridized carbons (Fsp3) is 0.222. The maximum absolute atomic E-state index is 5.99. The first-order valence-electron chi connectivity index (χ1n) is 7.79. The summed E-state index contributed by atoms with van der Waals surface area (Å²) in [5.41, 5.74) is 7.89. The van der Waals surface area contributed by atoms with Gasteiger partial charge in [0.15, 0.2) is 11.5 Å². The highest BCUT2D eigenvalue weighted by molar-refractivity contribution is 5.59. The van der Waals surface area contributed by atoms with Gasteiger partial charge in [-0.1, -0.05) is 12.1 Å². The Morgan fingerprint density at radius 3 is 3.00 bits per heavy atom. The molecule has 2 N–H and O–H groups in total. The van der Waals surface area contributed by atoms with E-state index in [0.29, 0.717) is 12.4 Å². The second-order valence-electron chi connectivity index (χ2n) is 5.74. The summed E-state index contributed by atoms with van der Waals surface area (Å²) in [6.45, 7) is 0.567. The zero-order valence-corrected chi connectivity index (χ0v) is 13.3. The van der Waals surface area contributed by atoms with Gasteiger partial charge in [-0.05, 0) is 18.2 Å². The third kappa shape index (κ3) is 2.46. The number of fused-ring (bicyclic) bond motifs is 1. The van der Waals surface area contributed by atoms with Crippen molar-refractivity contribution in [2.75, 3.05) is 19.5 Å². The Morgan fingerprint density at radius 2 is 2.17 bits per heavy atom. The SMILES string of the molecule is COc1cccc2c1OCC(n1ccnc1-c1ccnc(N)c1)C2. The minimum absolute atomic E-state index is 0.163. The van der Waals surface area contributed by atoms with Crippen molar-refractivity contribution in [3.8, 4) is 22.9 Å². The summed E-state index contributed by atoms with van der Waals surface area (Å²) in [4.78, 5) is 8.53. The molecule has 3 aromatic rings. The number of anilines is 1. The molecule has 122 valence electrons. The molecule has 0 fully saturated rings. The lowest BCUT2D eigenvalue weighted by molar-refractivity contribution is 0.215. The summed E-state index contributed by atoms with van der Waals surface area (Å²) in [6, 6.07) is 9.89. The van der Waals surface area contributed by atoms with E-state index in [1.54, 1.807) is 19.5 Å². The molecular weight excluding hydrogens is 304 g/mol. The number of hydrogen-bond donors (Lipinski definition) is 1. The van der Waals surface area contributed by atoms with E-state index >= 15 is 0 Å². The predicted octanol–water partition coefficient (Wildman–Crippen LogP) is 2.71. The van der Waals surface area contributed by atoms with Gasteiger partial charge >= 0.3 is 0 Å². The molecule has 1 aliphatic heterocycles. The number of methoxy groups -OCH3 is 1. The molecule has 3 heterocycles. The van der Waals surface area contributed by atoms with Crippen LogP contribution < -0.4 is 15.2 Å². The second-order valence-corrected chi connectivity index (χ2v) is 5.74. The number of ether oxygens (including phenoxy) is 2. The third-order valence-corrected chi connectivity index (χ3v) is 4.26. The first-order chi connectivity index (χ1) is 11.8. The Morgan fingerprint density at radius 1 is 1.25 bits per heavy atom. The number of nitrogens with zero attached hydrogens (tertiary/aromatic N) is 3. The van der Waals surface area contributed by atoms with Crippen LogP contribution in [0, 0.1) is 0 Å². The largest absolute Gasteiger partial charge is 0.493 e. The lowest BCUT2D eigenvalue weighted by Crippen LogP contribution is -2.25. The van der Waals surface area contributed by atoms with Crippen LogP contribution in [-0.2, 0) is 6.42 Å². The molecule has 0 saturated heterocycles. The van der Waals surface area contributed by atoms with Crippen molar-refractivity contribution >= 4 is 5.82 Å². The summed E-state index contributed by atoms with van der Waals surface area (Å²) in [7, 11) is 1.66. The van der Waals surface area contributed by atoms with Crippen molar-refractivity contribution in [2.45, 2.75) is 12.5 Å². The molecule has 0 aliphatic carbocycles. The van der Waals surface area contributed by atoms with Crippen molar-refractivity contribution in [3.05, 3.63) is 54.5 Å². The Kier molecular flexibility index (Phi) is 3.57. The number of para-hydroxylation sites is 1. The fourth-order valence-electron chi connectivity index (χ4n) is 3.14. The molecule has 6 heteroatoms. The molecule has 2 aromatic heterocycles. The van der Waals surface area contributed by atoms with Crippen molar-refractivity contribution < 1.29 is 9.47 Å². The van der Waals surface area contributed by atoms with Crippen LogP contribution in [0.2, 0.25) is 0 Å². The van der Waals surface area contributed by atoms with Gasteiger partial charge in [-0.2, -0.15) is 0 Å². The van der Waals surface area contributed by atoms with Gasteiger partial charge in [0.2, 0.25) is 0 Å². The first kappa shape index (κ1) is 14.6. The number of hydrogen-bond acceptors (Lipinski definition) is 5. The number of rotatable bonds is 3. The summed E-state index contributed by atoms with van der Waals surface area (Å²) in [5.74, 6) is 2.96. The van der Waals surface area contributed by atoms with Crippen LogP contribution in [0.4, 0.5) is 5.82 Å². The fourth-order valence-corrected chi connectivity index (χ4v) is 3.14. The Hall–Kier alpha value is -3.02. The lowest BCUT2D eigenvalue weighted by atomic mass is 10.0. The van der Waals surface area contributed by atoms with Crippen molar-refractivity contribution in [1.29, 1.82) is 0 Å². The molecule has 24 heavy (non-hydrogen) atoms. The van der Waals surface area contributed by atoms with Gasteiger partial charge in [0.25, 0.3) is 0 Å². The first-order valence-corrected chi connectivity index (χ1v) is 7.79. The highest BCUT2D eigenvalue weighted by atomic mass is 16.5. The topological polar surface area (TPSA) is 75.2 Å². The molecule has 1 aliphatic rings. The van der Waals surface area contributed by atoms with Gasteiger partial charge in [0.05, 0.1) is 13.2 Å². The lowest BCUT2D eigenvalue weighted by Gasteiger charge is -2.28. The molecule has 0 amide bonds. The number of nitrogens with two attached hydrogens (primary N) is 1. The van der Waals surface area contributed by atoms with E-state index < -0.39 is 0 Å². The van der Waals surface area contributed by atoms with E-state index in [0.717, 1.165) is 34.9 Å². The van der Waals surface area contributed by atoms with Gasteiger partial charge in [-0.3, -0.25) is 0 Å². The van der Waals surface area contributed by atoms with Gasteiger partial charge in [0, 0.05) is 36.1 Å². The van der Waals surface area contributed by atoms with Gasteiger partial charge in [0.1, 0.15) is 18.2 Å². The summed E-state index contributed by atoms with van der Waals surface area (Å²) in [6.07, 6.45) is 6.33. The van der Waals surface area contributed by atoms with Gasteiger partial charge in [-0.15, -0.1) is 0 Å². The number of aromatic nitrogens is 3. The molecule has 0 radical (unpaired) electrons. The van der Waals surface area contributed by atoms with E-state index in [1.807, 2.05) is 30.5 Å². The molecule has 6 nitrogen and oxygen atoms in total. The maximum Gasteiger partial charge on any atom is 0.164 e. The molecule has 1 aromatic carbocycles. The highest BCUT2D eigenvalue weighted by Crippen LogP contribution is 2.38. The Bertz CT molecular complexity index is 875. The molecule has 1 unspecified atom stereocenters. The number of benzene rings is 1. The van der Waals surface area contributed by atoms with E-state index in [2.05, 4.69) is 20.6 Å². The predicted molar refractivity (Wildman–Crippen MR) is 91.1 cm³/mol. The van der Waals surface area contributed by atoms with Crippen molar-refractivity contribution in [3.63, 3.8) is 0 Å². The molecular formula is C18H18N4O2. The minimum Gasteiger partial charge on any atom is -0.493 e. The van der Waals surface area contributed by atoms with Crippen LogP contribution >= 0.6 is 0 Å². The average molecular weight is 322 g/mol. The van der Waals surface area contributed by atoms with Crippen LogP contribution in [0.25, 0.3) is 11.4 Å². The Labute approximate surface area is 139 Å². The van der Waals surface area contributed by atoms with Gasteiger partial charge < -0.3 is 19.8 Å². The monoisotopic (exact) mass is 322 g/mol. The smallest absolute Gasteiger partial charge is 0.164 e. The van der Waals surface area contributed by atoms with E-state index in [-0.39, 0.29) is 6.04 Å². The quantitative estimate of drug-likeness (QED) is 0.802. The number of pyridine rings is 1. The van der Waals surface area contributed by atoms with Gasteiger partial charge in [-0.25, -0.2) is 9.97 Å². The van der Waals surface area contributed by atoms with E-state index in [9.17, 15) is 0 Å². The summed E-state index contributed by atoms with van der Waals surface area (Å²) in [5, 5.41) is 0. The van der Waals surface area contributed by atoms with Crippen LogP contribution in [0.15, 0.2) is 48.9 Å². The summed E-state index contributed by atoms with van der Waals surface area (Å²) >= 11 is 0. The molecule has 1 atom stereocenters. The second kappa shape index (κ2) is 5.88. The molecule has 0 bridgehead atoms. The normalized spacial score (nSPS) is 16.3. The Balaban J connectivity index is 1.68. The zero-order valence-electron chi connectivity index (χ0n) is 13.3. The summed E-state index contributed by atoms with van der Waals surface area (Å²) < 4.78 is 13.5. The molecule has 4 rings (SSSR count). The van der Waals surface area contributed by atoms with Crippen LogP contribution in [0.3, 0.4) is 0 Å². The third-order valence-electron chi connectivity index (χ3n) is 4.26. The van der Waals surface area contributed by atoms with Crippen LogP contribution in [0.5, 0.6) is 11.5 Å². The number of imidazole rings is 1. The minimum atomic E-state index is 0.163. The molecule has 0 spiro atoms. The number of nitrogen functional groups attached to an aromatic ring is 1. The van der Waals surface area contributed by atoms with Crippen LogP contribution in [0.1, 0.15) is 11.6 Å². The van der Waals surface area contributed by atoms with Crippen molar-refractivity contribution in [1.82, 2.24) is 14.5 Å². The maximum atomic E-state index is 5.99. The molecule has 0 saturated carbocycles. The zero-order chi connectivity index (χ0) is 16.5. The van der Waals surface area contributed by atoms with E-state index in [1.165, 1.54) is 0 Å². The van der Waals surface area contributed by atoms with Crippen LogP contribution in [-0.4, -0.2) is 28.3 Å². The highest BCUT2D eigenvalue weighted by Gasteiger charge is 2.25. The standard InChI is InChI=1S/C18H18N4O2/c1-23-15-4-2-3-12-9-14(11-24-17(12)15)22-8-7-21-18(22)13-5-6-20-16(19)10-13/h2-8,10,14H,9,11H2,1H3,(H2,19,20). The van der Waals surface area contributed by atoms with E-state index in [4.69, 9.17) is 15.2 Å². The van der Waals surface area contributed by atoms with Crippen molar-refractivity contribution in [2.24, 2.45) is 0 Å².